The Morgan fingerprint density at radius 2 is 2.33 bits per heavy atom. The molecule has 0 saturated carbocycles. The normalized spacial score (nSPS) is 16.6. The van der Waals surface area contributed by atoms with Gasteiger partial charge in [-0.3, -0.25) is 0 Å². The van der Waals surface area contributed by atoms with Crippen LogP contribution >= 0.6 is 0 Å². The summed E-state index contributed by atoms with van der Waals surface area (Å²) in [4.78, 5) is 2.21. The van der Waals surface area contributed by atoms with Crippen molar-refractivity contribution in [2.24, 2.45) is 5.73 Å². The summed E-state index contributed by atoms with van der Waals surface area (Å²) in [7, 11) is 0. The lowest BCUT2D eigenvalue weighted by Crippen LogP contribution is -2.35. The molecule has 1 aromatic carbocycles. The number of fused-ring (bicyclic) bond motifs is 1. The monoisotopic (exact) mass is 206 g/mol. The second kappa shape index (κ2) is 4.21. The maximum Gasteiger partial charge on any atom is 0.0836 e. The summed E-state index contributed by atoms with van der Waals surface area (Å²) < 4.78 is 0. The van der Waals surface area contributed by atoms with Gasteiger partial charge in [-0.2, -0.15) is 0 Å². The Hall–Kier alpha value is -1.06. The number of benzene rings is 1. The molecule has 0 fully saturated rings. The molecule has 0 aromatic heterocycles. The van der Waals surface area contributed by atoms with Crippen LogP contribution in [0.5, 0.6) is 0 Å². The van der Waals surface area contributed by atoms with E-state index in [-0.39, 0.29) is 0 Å². The van der Waals surface area contributed by atoms with Crippen LogP contribution in [0.2, 0.25) is 0 Å². The van der Waals surface area contributed by atoms with E-state index in [0.29, 0.717) is 13.1 Å². The number of anilines is 1. The molecule has 1 aromatic rings. The van der Waals surface area contributed by atoms with E-state index in [9.17, 15) is 5.11 Å². The van der Waals surface area contributed by atoms with Gasteiger partial charge < -0.3 is 15.7 Å². The van der Waals surface area contributed by atoms with Crippen LogP contribution < -0.4 is 10.6 Å². The smallest absolute Gasteiger partial charge is 0.0836 e. The van der Waals surface area contributed by atoms with Crippen LogP contribution in [-0.2, 0) is 6.42 Å². The maximum absolute atomic E-state index is 9.53. The first-order valence-corrected chi connectivity index (χ1v) is 5.43. The number of rotatable bonds is 3. The van der Waals surface area contributed by atoms with E-state index in [2.05, 4.69) is 30.0 Å². The minimum Gasteiger partial charge on any atom is -0.390 e. The lowest BCUT2D eigenvalue weighted by atomic mass is 10.1. The minimum atomic E-state index is -0.419. The fourth-order valence-corrected chi connectivity index (χ4v) is 2.12. The molecule has 0 aliphatic carbocycles. The second-order valence-electron chi connectivity index (χ2n) is 4.22. The van der Waals surface area contributed by atoms with Crippen molar-refractivity contribution >= 4 is 5.69 Å². The molecule has 1 aliphatic heterocycles. The number of β-amino-alcohol motifs (C(OH)–C–C–N with tert-alkyl or cyclic N) is 1. The average Bonchev–Trinajstić information content (AvgIpc) is 2.60. The Bertz CT molecular complexity index is 351. The van der Waals surface area contributed by atoms with Gasteiger partial charge in [0.1, 0.15) is 0 Å². The maximum atomic E-state index is 9.53. The lowest BCUT2D eigenvalue weighted by molar-refractivity contribution is 0.188. The molecule has 0 spiro atoms. The van der Waals surface area contributed by atoms with Crippen LogP contribution in [0.1, 0.15) is 11.1 Å². The van der Waals surface area contributed by atoms with E-state index in [4.69, 9.17) is 5.73 Å². The van der Waals surface area contributed by atoms with Crippen molar-refractivity contribution in [2.45, 2.75) is 19.4 Å². The van der Waals surface area contributed by atoms with Gasteiger partial charge in [-0.25, -0.2) is 0 Å². The highest BCUT2D eigenvalue weighted by molar-refractivity contribution is 5.59. The predicted octanol–water partition coefficient (Wildman–Crippen LogP) is 0.677. The van der Waals surface area contributed by atoms with Gasteiger partial charge in [-0.05, 0) is 25.0 Å². The van der Waals surface area contributed by atoms with Crippen molar-refractivity contribution < 1.29 is 5.11 Å². The molecule has 0 amide bonds. The molecule has 3 nitrogen and oxygen atoms in total. The van der Waals surface area contributed by atoms with Crippen molar-refractivity contribution in [1.82, 2.24) is 0 Å². The molecular formula is C12H18N2O. The predicted molar refractivity (Wildman–Crippen MR) is 62.2 cm³/mol. The first-order chi connectivity index (χ1) is 7.20. The summed E-state index contributed by atoms with van der Waals surface area (Å²) in [5.74, 6) is 0. The Labute approximate surface area is 90.5 Å². The van der Waals surface area contributed by atoms with Crippen LogP contribution in [0, 0.1) is 6.92 Å². The molecule has 0 bridgehead atoms. The number of aliphatic hydroxyl groups is 1. The van der Waals surface area contributed by atoms with E-state index in [1.807, 2.05) is 0 Å². The highest BCUT2D eigenvalue weighted by Gasteiger charge is 2.20. The van der Waals surface area contributed by atoms with Crippen molar-refractivity contribution in [2.75, 3.05) is 24.5 Å². The van der Waals surface area contributed by atoms with E-state index in [1.54, 1.807) is 0 Å². The third kappa shape index (κ3) is 2.13. The molecule has 3 N–H and O–H groups in total. The second-order valence-corrected chi connectivity index (χ2v) is 4.22. The largest absolute Gasteiger partial charge is 0.390 e. The third-order valence-electron chi connectivity index (χ3n) is 2.93. The van der Waals surface area contributed by atoms with Gasteiger partial charge in [0.05, 0.1) is 6.10 Å². The number of aliphatic hydroxyl groups excluding tert-OH is 1. The zero-order valence-electron chi connectivity index (χ0n) is 9.11. The number of aryl methyl sites for hydroxylation is 1. The molecular weight excluding hydrogens is 188 g/mol. The summed E-state index contributed by atoms with van der Waals surface area (Å²) in [6, 6.07) is 6.48. The van der Waals surface area contributed by atoms with Gasteiger partial charge in [0.25, 0.3) is 0 Å². The summed E-state index contributed by atoms with van der Waals surface area (Å²) in [6.07, 6.45) is 0.658. The highest BCUT2D eigenvalue weighted by Crippen LogP contribution is 2.28. The summed E-state index contributed by atoms with van der Waals surface area (Å²) in [5.41, 5.74) is 9.36. The van der Waals surface area contributed by atoms with Gasteiger partial charge in [0.15, 0.2) is 0 Å². The fourth-order valence-electron chi connectivity index (χ4n) is 2.12. The number of hydrogen-bond donors (Lipinski definition) is 2. The van der Waals surface area contributed by atoms with Crippen LogP contribution in [0.25, 0.3) is 0 Å². The summed E-state index contributed by atoms with van der Waals surface area (Å²) >= 11 is 0. The van der Waals surface area contributed by atoms with Crippen LogP contribution in [0.15, 0.2) is 18.2 Å². The quantitative estimate of drug-likeness (QED) is 0.764. The van der Waals surface area contributed by atoms with Crippen LogP contribution in [0.3, 0.4) is 0 Å². The van der Waals surface area contributed by atoms with Crippen molar-refractivity contribution in [1.29, 1.82) is 0 Å². The Morgan fingerprint density at radius 1 is 1.53 bits per heavy atom. The molecule has 2 rings (SSSR count). The van der Waals surface area contributed by atoms with E-state index in [0.717, 1.165) is 13.0 Å². The first kappa shape index (κ1) is 10.5. The van der Waals surface area contributed by atoms with E-state index < -0.39 is 6.10 Å². The molecule has 15 heavy (non-hydrogen) atoms. The Balaban J connectivity index is 2.14. The standard InChI is InChI=1S/C12H18N2O/c1-9-2-3-12-10(6-9)4-5-14(12)8-11(15)7-13/h2-3,6,11,15H,4-5,7-8,13H2,1H3. The van der Waals surface area contributed by atoms with E-state index >= 15 is 0 Å². The van der Waals surface area contributed by atoms with Gasteiger partial charge in [-0.1, -0.05) is 17.7 Å². The molecule has 1 unspecified atom stereocenters. The van der Waals surface area contributed by atoms with Gasteiger partial charge in [0.2, 0.25) is 0 Å². The number of nitrogens with two attached hydrogens (primary N) is 1. The zero-order valence-corrected chi connectivity index (χ0v) is 9.11. The molecule has 1 atom stereocenters. The molecule has 0 saturated heterocycles. The highest BCUT2D eigenvalue weighted by atomic mass is 16.3. The van der Waals surface area contributed by atoms with Gasteiger partial charge in [-0.15, -0.1) is 0 Å². The van der Waals surface area contributed by atoms with Crippen LogP contribution in [-0.4, -0.2) is 30.8 Å². The lowest BCUT2D eigenvalue weighted by Gasteiger charge is -2.22. The van der Waals surface area contributed by atoms with Crippen LogP contribution in [0.4, 0.5) is 5.69 Å². The summed E-state index contributed by atoms with van der Waals surface area (Å²) in [5, 5.41) is 9.53. The summed E-state index contributed by atoms with van der Waals surface area (Å²) in [6.45, 7) is 4.08. The van der Waals surface area contributed by atoms with Crippen molar-refractivity contribution in [3.63, 3.8) is 0 Å². The minimum absolute atomic E-state index is 0.331. The molecule has 0 radical (unpaired) electrons. The molecule has 3 heteroatoms. The first-order valence-electron chi connectivity index (χ1n) is 5.43. The van der Waals surface area contributed by atoms with Gasteiger partial charge >= 0.3 is 0 Å². The zero-order chi connectivity index (χ0) is 10.8. The van der Waals surface area contributed by atoms with E-state index in [1.165, 1.54) is 16.8 Å². The number of nitrogens with zero attached hydrogens (tertiary/aromatic N) is 1. The Kier molecular flexibility index (Phi) is 2.93. The van der Waals surface area contributed by atoms with Crippen molar-refractivity contribution in [3.05, 3.63) is 29.3 Å². The van der Waals surface area contributed by atoms with Gasteiger partial charge in [0, 0.05) is 25.3 Å². The third-order valence-corrected chi connectivity index (χ3v) is 2.93. The number of hydrogen-bond acceptors (Lipinski definition) is 3. The molecule has 1 aliphatic rings. The SMILES string of the molecule is Cc1ccc2c(c1)CCN2CC(O)CN. The average molecular weight is 206 g/mol. The fraction of sp³-hybridized carbons (Fsp3) is 0.500. The Morgan fingerprint density at radius 3 is 3.07 bits per heavy atom. The molecule has 82 valence electrons. The van der Waals surface area contributed by atoms with Crippen molar-refractivity contribution in [3.8, 4) is 0 Å². The molecule has 1 heterocycles. The topological polar surface area (TPSA) is 49.5 Å².